The van der Waals surface area contributed by atoms with Crippen LogP contribution in [0.4, 0.5) is 4.79 Å². The van der Waals surface area contributed by atoms with Crippen LogP contribution in [0, 0.1) is 5.92 Å². The summed E-state index contributed by atoms with van der Waals surface area (Å²) < 4.78 is 5.38. The van der Waals surface area contributed by atoms with Gasteiger partial charge in [0.1, 0.15) is 11.6 Å². The number of alkyl carbamates (subject to hydrolysis) is 1. The number of carbonyl (C=O) groups is 3. The third-order valence-electron chi connectivity index (χ3n) is 5.76. The van der Waals surface area contributed by atoms with Crippen molar-refractivity contribution in [1.82, 2.24) is 15.5 Å². The fourth-order valence-electron chi connectivity index (χ4n) is 4.01. The number of likely N-dealkylation sites (tertiary alicyclic amines) is 1. The zero-order valence-corrected chi connectivity index (χ0v) is 20.3. The number of benzene rings is 2. The molecule has 1 fully saturated rings. The van der Waals surface area contributed by atoms with Crippen LogP contribution in [-0.4, -0.2) is 47.5 Å². The van der Waals surface area contributed by atoms with Crippen molar-refractivity contribution >= 4 is 17.9 Å². The van der Waals surface area contributed by atoms with Crippen LogP contribution in [0.3, 0.4) is 0 Å². The van der Waals surface area contributed by atoms with E-state index < -0.39 is 17.7 Å². The molecule has 0 bridgehead atoms. The lowest BCUT2D eigenvalue weighted by Gasteiger charge is -2.34. The molecule has 2 aromatic carbocycles. The lowest BCUT2D eigenvalue weighted by molar-refractivity contribution is -0.137. The molecule has 34 heavy (non-hydrogen) atoms. The number of nitrogens with one attached hydrogen (secondary N) is 2. The van der Waals surface area contributed by atoms with Crippen LogP contribution >= 0.6 is 0 Å². The number of piperidine rings is 1. The minimum Gasteiger partial charge on any atom is -0.444 e. The molecule has 1 atom stereocenters. The largest absolute Gasteiger partial charge is 0.444 e. The first kappa shape index (κ1) is 25.3. The minimum absolute atomic E-state index is 0.0173. The highest BCUT2D eigenvalue weighted by atomic mass is 16.6. The molecule has 0 radical (unpaired) electrons. The topological polar surface area (TPSA) is 87.7 Å². The molecule has 1 heterocycles. The summed E-state index contributed by atoms with van der Waals surface area (Å²) in [5.41, 5.74) is 1.35. The number of carbonyl (C=O) groups excluding carboxylic acids is 3. The van der Waals surface area contributed by atoms with Crippen LogP contribution < -0.4 is 10.6 Å². The quantitative estimate of drug-likeness (QED) is 0.653. The number of rotatable bonds is 7. The van der Waals surface area contributed by atoms with Crippen molar-refractivity contribution in [2.75, 3.05) is 13.1 Å². The Morgan fingerprint density at radius 2 is 1.50 bits per heavy atom. The van der Waals surface area contributed by atoms with E-state index in [0.717, 1.165) is 11.1 Å². The predicted octanol–water partition coefficient (Wildman–Crippen LogP) is 3.68. The van der Waals surface area contributed by atoms with Crippen LogP contribution in [0.25, 0.3) is 0 Å². The first-order chi connectivity index (χ1) is 16.2. The van der Waals surface area contributed by atoms with Gasteiger partial charge in [0.2, 0.25) is 11.8 Å². The van der Waals surface area contributed by atoms with E-state index >= 15 is 0 Å². The van der Waals surface area contributed by atoms with Gasteiger partial charge >= 0.3 is 6.09 Å². The molecule has 0 saturated carbocycles. The fourth-order valence-corrected chi connectivity index (χ4v) is 4.01. The highest BCUT2D eigenvalue weighted by molar-refractivity contribution is 5.86. The van der Waals surface area contributed by atoms with Crippen molar-refractivity contribution in [2.24, 2.45) is 5.92 Å². The van der Waals surface area contributed by atoms with E-state index in [4.69, 9.17) is 4.74 Å². The Labute approximate surface area is 201 Å². The Morgan fingerprint density at radius 1 is 0.941 bits per heavy atom. The maximum Gasteiger partial charge on any atom is 0.408 e. The predicted molar refractivity (Wildman–Crippen MR) is 131 cm³/mol. The van der Waals surface area contributed by atoms with Gasteiger partial charge in [0.05, 0.1) is 0 Å². The molecule has 182 valence electrons. The van der Waals surface area contributed by atoms with E-state index in [9.17, 15) is 14.4 Å². The molecule has 2 aromatic rings. The van der Waals surface area contributed by atoms with Gasteiger partial charge in [-0.1, -0.05) is 60.7 Å². The Kier molecular flexibility index (Phi) is 8.68. The third kappa shape index (κ3) is 7.90. The summed E-state index contributed by atoms with van der Waals surface area (Å²) in [6.07, 6.45) is 0.946. The second kappa shape index (κ2) is 11.7. The molecule has 1 saturated heterocycles. The van der Waals surface area contributed by atoms with Crippen LogP contribution in [0.15, 0.2) is 60.7 Å². The fraction of sp³-hybridized carbons (Fsp3) is 0.444. The molecule has 7 heteroatoms. The average Bonchev–Trinajstić information content (AvgIpc) is 2.82. The van der Waals surface area contributed by atoms with Gasteiger partial charge in [-0.25, -0.2) is 4.79 Å². The maximum atomic E-state index is 13.3. The number of hydrogen-bond donors (Lipinski definition) is 2. The zero-order valence-electron chi connectivity index (χ0n) is 20.3. The summed E-state index contributed by atoms with van der Waals surface area (Å²) >= 11 is 0. The second-order valence-corrected chi connectivity index (χ2v) is 9.69. The molecule has 0 spiro atoms. The van der Waals surface area contributed by atoms with Gasteiger partial charge in [-0.15, -0.1) is 0 Å². The molecular formula is C27H35N3O4. The number of amides is 3. The molecule has 1 unspecified atom stereocenters. The Hall–Kier alpha value is -3.35. The number of nitrogens with zero attached hydrogens (tertiary/aromatic N) is 1. The molecular weight excluding hydrogens is 430 g/mol. The molecule has 0 aliphatic carbocycles. The highest BCUT2D eigenvalue weighted by Gasteiger charge is 2.32. The first-order valence-electron chi connectivity index (χ1n) is 11.8. The Balaban J connectivity index is 1.57. The van der Waals surface area contributed by atoms with Crippen LogP contribution in [0.2, 0.25) is 0 Å². The van der Waals surface area contributed by atoms with E-state index in [1.807, 2.05) is 60.7 Å². The normalized spacial score (nSPS) is 15.3. The molecule has 0 aromatic heterocycles. The van der Waals surface area contributed by atoms with E-state index in [2.05, 4.69) is 10.6 Å². The number of ether oxygens (including phenoxy) is 1. The van der Waals surface area contributed by atoms with Crippen molar-refractivity contribution in [3.8, 4) is 0 Å². The smallest absolute Gasteiger partial charge is 0.408 e. The molecule has 7 nitrogen and oxygen atoms in total. The minimum atomic E-state index is -0.735. The summed E-state index contributed by atoms with van der Waals surface area (Å²) in [5.74, 6) is -0.263. The summed E-state index contributed by atoms with van der Waals surface area (Å²) in [6.45, 7) is 6.81. The summed E-state index contributed by atoms with van der Waals surface area (Å²) in [5, 5.41) is 5.76. The Bertz CT molecular complexity index is 949. The van der Waals surface area contributed by atoms with Crippen molar-refractivity contribution in [1.29, 1.82) is 0 Å². The average molecular weight is 466 g/mol. The van der Waals surface area contributed by atoms with Gasteiger partial charge in [-0.3, -0.25) is 9.59 Å². The van der Waals surface area contributed by atoms with E-state index in [1.165, 1.54) is 0 Å². The highest BCUT2D eigenvalue weighted by Crippen LogP contribution is 2.19. The molecule has 1 aliphatic heterocycles. The van der Waals surface area contributed by atoms with Crippen LogP contribution in [0.5, 0.6) is 0 Å². The van der Waals surface area contributed by atoms with Crippen molar-refractivity contribution in [3.63, 3.8) is 0 Å². The standard InChI is InChI=1S/C27H35N3O4/c1-27(2,3)34-26(33)29-23(18-20-10-6-4-7-11-20)25(32)30-16-14-22(15-17-30)24(31)28-19-21-12-8-5-9-13-21/h4-13,22-23H,14-19H2,1-3H3,(H,28,31)(H,29,33). The van der Waals surface area contributed by atoms with Gasteiger partial charge in [0.25, 0.3) is 0 Å². The van der Waals surface area contributed by atoms with Gasteiger partial charge in [0, 0.05) is 32.0 Å². The SMILES string of the molecule is CC(C)(C)OC(=O)NC(Cc1ccccc1)C(=O)N1CCC(C(=O)NCc2ccccc2)CC1. The van der Waals surface area contributed by atoms with Gasteiger partial charge in [0.15, 0.2) is 0 Å². The van der Waals surface area contributed by atoms with E-state index in [1.54, 1.807) is 25.7 Å². The monoisotopic (exact) mass is 465 g/mol. The number of hydrogen-bond acceptors (Lipinski definition) is 4. The first-order valence-corrected chi connectivity index (χ1v) is 11.8. The van der Waals surface area contributed by atoms with Crippen molar-refractivity contribution in [3.05, 3.63) is 71.8 Å². The summed E-state index contributed by atoms with van der Waals surface area (Å²) in [6, 6.07) is 18.6. The van der Waals surface area contributed by atoms with Crippen LogP contribution in [0.1, 0.15) is 44.7 Å². The van der Waals surface area contributed by atoms with Gasteiger partial charge in [-0.2, -0.15) is 0 Å². The second-order valence-electron chi connectivity index (χ2n) is 9.69. The third-order valence-corrected chi connectivity index (χ3v) is 5.76. The van der Waals surface area contributed by atoms with E-state index in [0.29, 0.717) is 38.9 Å². The zero-order chi connectivity index (χ0) is 24.6. The van der Waals surface area contributed by atoms with Crippen molar-refractivity contribution in [2.45, 2.75) is 58.2 Å². The lowest BCUT2D eigenvalue weighted by Crippen LogP contribution is -2.53. The summed E-state index contributed by atoms with van der Waals surface area (Å²) in [4.78, 5) is 40.1. The van der Waals surface area contributed by atoms with E-state index in [-0.39, 0.29) is 17.7 Å². The molecule has 2 N–H and O–H groups in total. The lowest BCUT2D eigenvalue weighted by atomic mass is 9.94. The van der Waals surface area contributed by atoms with Gasteiger partial charge < -0.3 is 20.3 Å². The molecule has 3 rings (SSSR count). The van der Waals surface area contributed by atoms with Crippen molar-refractivity contribution < 1.29 is 19.1 Å². The summed E-state index contributed by atoms with van der Waals surface area (Å²) in [7, 11) is 0. The van der Waals surface area contributed by atoms with Crippen LogP contribution in [-0.2, 0) is 27.3 Å². The van der Waals surface area contributed by atoms with Gasteiger partial charge in [-0.05, 0) is 44.7 Å². The molecule has 1 aliphatic rings. The Morgan fingerprint density at radius 3 is 2.06 bits per heavy atom. The molecule has 3 amide bonds. The maximum absolute atomic E-state index is 13.3.